The molecule has 7 nitrogen and oxygen atoms in total. The molecule has 1 fully saturated rings. The van der Waals surface area contributed by atoms with Crippen molar-refractivity contribution in [1.82, 2.24) is 15.5 Å². The topological polar surface area (TPSA) is 79.9 Å². The van der Waals surface area contributed by atoms with Crippen LogP contribution >= 0.6 is 12.4 Å². The van der Waals surface area contributed by atoms with Gasteiger partial charge in [-0.2, -0.15) is 0 Å². The normalized spacial score (nSPS) is 16.4. The number of nitrogens with one attached hydrogen (secondary N) is 2. The molecular weight excluding hydrogens is 346 g/mol. The Balaban J connectivity index is 0.00000312. The van der Waals surface area contributed by atoms with Crippen molar-refractivity contribution in [3.63, 3.8) is 0 Å². The third-order valence-electron chi connectivity index (χ3n) is 3.72. The molecule has 1 aliphatic rings. The van der Waals surface area contributed by atoms with E-state index in [4.69, 9.17) is 9.47 Å². The molecule has 2 rings (SSSR count). The zero-order valence-corrected chi connectivity index (χ0v) is 15.2. The van der Waals surface area contributed by atoms with Gasteiger partial charge in [-0.05, 0) is 12.1 Å². The van der Waals surface area contributed by atoms with Crippen LogP contribution in [0.4, 0.5) is 0 Å². The van der Waals surface area contributed by atoms with Gasteiger partial charge < -0.3 is 25.0 Å². The number of methoxy groups -OCH3 is 1. The first kappa shape index (κ1) is 21.2. The maximum atomic E-state index is 12.0. The molecule has 8 heteroatoms. The van der Waals surface area contributed by atoms with Gasteiger partial charge in [0.15, 0.2) is 0 Å². The van der Waals surface area contributed by atoms with Gasteiger partial charge in [0.25, 0.3) is 0 Å². The number of carbonyl (C=O) groups is 2. The summed E-state index contributed by atoms with van der Waals surface area (Å²) in [7, 11) is 1.61. The summed E-state index contributed by atoms with van der Waals surface area (Å²) in [6, 6.07) is 9.36. The molecule has 2 amide bonds. The highest BCUT2D eigenvalue weighted by Gasteiger charge is 2.30. The van der Waals surface area contributed by atoms with Gasteiger partial charge in [-0.3, -0.25) is 9.59 Å². The molecule has 0 aliphatic carbocycles. The smallest absolute Gasteiger partial charge is 0.234 e. The van der Waals surface area contributed by atoms with E-state index in [0.29, 0.717) is 39.3 Å². The van der Waals surface area contributed by atoms with E-state index < -0.39 is 0 Å². The average Bonchev–Trinajstić information content (AvgIpc) is 2.92. The van der Waals surface area contributed by atoms with E-state index >= 15 is 0 Å². The van der Waals surface area contributed by atoms with E-state index in [1.165, 1.54) is 0 Å². The minimum Gasteiger partial charge on any atom is -0.492 e. The molecule has 140 valence electrons. The second-order valence-electron chi connectivity index (χ2n) is 5.64. The van der Waals surface area contributed by atoms with Crippen LogP contribution in [0.1, 0.15) is 6.42 Å². The molecule has 0 radical (unpaired) electrons. The van der Waals surface area contributed by atoms with Gasteiger partial charge in [-0.1, -0.05) is 18.2 Å². The number of halogens is 1. The van der Waals surface area contributed by atoms with Gasteiger partial charge in [0.1, 0.15) is 12.4 Å². The summed E-state index contributed by atoms with van der Waals surface area (Å²) in [4.78, 5) is 25.5. The fourth-order valence-electron chi connectivity index (χ4n) is 2.53. The van der Waals surface area contributed by atoms with Gasteiger partial charge in [0, 0.05) is 26.6 Å². The summed E-state index contributed by atoms with van der Waals surface area (Å²) in [6.45, 7) is 2.90. The SMILES string of the molecule is COCCNCC(=O)NC1CC(=O)N(CCOc2ccccc2)C1.Cl. The highest BCUT2D eigenvalue weighted by Crippen LogP contribution is 2.12. The molecule has 1 saturated heterocycles. The number of amides is 2. The number of nitrogens with zero attached hydrogens (tertiary/aromatic N) is 1. The molecule has 25 heavy (non-hydrogen) atoms. The van der Waals surface area contributed by atoms with Crippen LogP contribution < -0.4 is 15.4 Å². The Morgan fingerprint density at radius 2 is 2.04 bits per heavy atom. The summed E-state index contributed by atoms with van der Waals surface area (Å²) in [5, 5.41) is 5.86. The van der Waals surface area contributed by atoms with Crippen molar-refractivity contribution in [2.75, 3.05) is 46.5 Å². The summed E-state index contributed by atoms with van der Waals surface area (Å²) >= 11 is 0. The third-order valence-corrected chi connectivity index (χ3v) is 3.72. The number of benzene rings is 1. The Labute approximate surface area is 154 Å². The summed E-state index contributed by atoms with van der Waals surface area (Å²) in [5.41, 5.74) is 0. The molecule has 0 aromatic heterocycles. The first-order valence-corrected chi connectivity index (χ1v) is 8.13. The number of carbonyl (C=O) groups excluding carboxylic acids is 2. The molecule has 1 atom stereocenters. The highest BCUT2D eigenvalue weighted by molar-refractivity contribution is 5.85. The van der Waals surface area contributed by atoms with Gasteiger partial charge in [-0.25, -0.2) is 0 Å². The fourth-order valence-corrected chi connectivity index (χ4v) is 2.53. The molecule has 1 heterocycles. The number of ether oxygens (including phenoxy) is 2. The zero-order valence-electron chi connectivity index (χ0n) is 14.4. The Bertz CT molecular complexity index is 530. The van der Waals surface area contributed by atoms with E-state index in [1.807, 2.05) is 30.3 Å². The molecule has 1 aromatic rings. The average molecular weight is 372 g/mol. The van der Waals surface area contributed by atoms with Crippen molar-refractivity contribution >= 4 is 24.2 Å². The molecule has 2 N–H and O–H groups in total. The lowest BCUT2D eigenvalue weighted by atomic mass is 10.2. The second kappa shape index (κ2) is 11.7. The maximum Gasteiger partial charge on any atom is 0.234 e. The second-order valence-corrected chi connectivity index (χ2v) is 5.64. The number of hydrogen-bond acceptors (Lipinski definition) is 5. The predicted molar refractivity (Wildman–Crippen MR) is 97.1 cm³/mol. The van der Waals surface area contributed by atoms with Gasteiger partial charge >= 0.3 is 0 Å². The summed E-state index contributed by atoms with van der Waals surface area (Å²) in [6.07, 6.45) is 0.342. The van der Waals surface area contributed by atoms with E-state index in [-0.39, 0.29) is 36.8 Å². The van der Waals surface area contributed by atoms with Gasteiger partial charge in [-0.15, -0.1) is 12.4 Å². The van der Waals surface area contributed by atoms with E-state index in [9.17, 15) is 9.59 Å². The number of hydrogen-bond donors (Lipinski definition) is 2. The van der Waals surface area contributed by atoms with Crippen LogP contribution in [-0.4, -0.2) is 69.3 Å². The molecular formula is C17H26ClN3O4. The standard InChI is InChI=1S/C17H25N3O4.ClH/c1-23-9-7-18-12-16(21)19-14-11-17(22)20(13-14)8-10-24-15-5-3-2-4-6-15;/h2-6,14,18H,7-13H2,1H3,(H,19,21);1H. The third kappa shape index (κ3) is 7.72. The van der Waals surface area contributed by atoms with Crippen LogP contribution in [0.2, 0.25) is 0 Å². The fraction of sp³-hybridized carbons (Fsp3) is 0.529. The van der Waals surface area contributed by atoms with Crippen molar-refractivity contribution in [2.24, 2.45) is 0 Å². The molecule has 1 aromatic carbocycles. The van der Waals surface area contributed by atoms with E-state index in [0.717, 1.165) is 5.75 Å². The minimum atomic E-state index is -0.133. The van der Waals surface area contributed by atoms with Crippen molar-refractivity contribution in [3.8, 4) is 5.75 Å². The Morgan fingerprint density at radius 3 is 2.76 bits per heavy atom. The highest BCUT2D eigenvalue weighted by atomic mass is 35.5. The lowest BCUT2D eigenvalue weighted by Crippen LogP contribution is -2.42. The lowest BCUT2D eigenvalue weighted by Gasteiger charge is -2.17. The predicted octanol–water partition coefficient (Wildman–Crippen LogP) is 0.440. The quantitative estimate of drug-likeness (QED) is 0.583. The van der Waals surface area contributed by atoms with Crippen molar-refractivity contribution in [3.05, 3.63) is 30.3 Å². The van der Waals surface area contributed by atoms with Crippen molar-refractivity contribution in [2.45, 2.75) is 12.5 Å². The number of likely N-dealkylation sites (tertiary alicyclic amines) is 1. The first-order chi connectivity index (χ1) is 11.7. The lowest BCUT2D eigenvalue weighted by molar-refractivity contribution is -0.128. The van der Waals surface area contributed by atoms with Crippen LogP contribution in [0.3, 0.4) is 0 Å². The first-order valence-electron chi connectivity index (χ1n) is 8.13. The van der Waals surface area contributed by atoms with Crippen LogP contribution in [0, 0.1) is 0 Å². The largest absolute Gasteiger partial charge is 0.492 e. The number of rotatable bonds is 10. The zero-order chi connectivity index (χ0) is 17.2. The van der Waals surface area contributed by atoms with Crippen LogP contribution in [0.15, 0.2) is 30.3 Å². The molecule has 0 saturated carbocycles. The number of para-hydroxylation sites is 1. The van der Waals surface area contributed by atoms with Gasteiger partial charge in [0.2, 0.25) is 11.8 Å². The molecule has 1 unspecified atom stereocenters. The van der Waals surface area contributed by atoms with E-state index in [2.05, 4.69) is 10.6 Å². The van der Waals surface area contributed by atoms with Crippen molar-refractivity contribution < 1.29 is 19.1 Å². The van der Waals surface area contributed by atoms with Crippen molar-refractivity contribution in [1.29, 1.82) is 0 Å². The molecule has 1 aliphatic heterocycles. The Hall–Kier alpha value is -1.83. The van der Waals surface area contributed by atoms with Gasteiger partial charge in [0.05, 0.1) is 25.7 Å². The Kier molecular flexibility index (Phi) is 9.91. The molecule has 0 spiro atoms. The minimum absolute atomic E-state index is 0. The van der Waals surface area contributed by atoms with E-state index in [1.54, 1.807) is 12.0 Å². The van der Waals surface area contributed by atoms with Crippen LogP contribution in [-0.2, 0) is 14.3 Å². The van der Waals surface area contributed by atoms with Crippen LogP contribution in [0.5, 0.6) is 5.75 Å². The molecule has 0 bridgehead atoms. The maximum absolute atomic E-state index is 12.0. The summed E-state index contributed by atoms with van der Waals surface area (Å²) in [5.74, 6) is 0.728. The monoisotopic (exact) mass is 371 g/mol. The Morgan fingerprint density at radius 1 is 1.28 bits per heavy atom. The summed E-state index contributed by atoms with van der Waals surface area (Å²) < 4.78 is 10.5. The van der Waals surface area contributed by atoms with Crippen LogP contribution in [0.25, 0.3) is 0 Å².